The number of nitrogens with zero attached hydrogens (tertiary/aromatic N) is 3. The molecule has 0 saturated carbocycles. The number of anilines is 1. The van der Waals surface area contributed by atoms with Gasteiger partial charge in [-0.3, -0.25) is 24.0 Å². The predicted molar refractivity (Wildman–Crippen MR) is 153 cm³/mol. The van der Waals surface area contributed by atoms with E-state index in [4.69, 9.17) is 11.6 Å². The lowest BCUT2D eigenvalue weighted by Crippen LogP contribution is -2.52. The van der Waals surface area contributed by atoms with E-state index in [9.17, 15) is 28.1 Å². The van der Waals surface area contributed by atoms with E-state index in [1.165, 1.54) is 47.4 Å². The summed E-state index contributed by atoms with van der Waals surface area (Å²) in [5, 5.41) is 14.7. The Morgan fingerprint density at radius 2 is 1.65 bits per heavy atom. The second kappa shape index (κ2) is 13.4. The van der Waals surface area contributed by atoms with Crippen molar-refractivity contribution in [1.29, 1.82) is 0 Å². The van der Waals surface area contributed by atoms with Crippen LogP contribution in [0.4, 0.5) is 11.4 Å². The molecule has 0 aliphatic heterocycles. The van der Waals surface area contributed by atoms with Crippen LogP contribution in [0.25, 0.3) is 0 Å². The summed E-state index contributed by atoms with van der Waals surface area (Å²) < 4.78 is 28.3. The fourth-order valence-corrected chi connectivity index (χ4v) is 5.49. The van der Waals surface area contributed by atoms with Crippen molar-refractivity contribution in [3.63, 3.8) is 0 Å². The first kappa shape index (κ1) is 30.6. The van der Waals surface area contributed by atoms with Crippen molar-refractivity contribution in [2.75, 3.05) is 10.8 Å². The van der Waals surface area contributed by atoms with E-state index in [1.54, 1.807) is 37.3 Å². The molecule has 0 heterocycles. The van der Waals surface area contributed by atoms with Gasteiger partial charge < -0.3 is 10.2 Å². The zero-order valence-corrected chi connectivity index (χ0v) is 23.9. The van der Waals surface area contributed by atoms with Gasteiger partial charge in [-0.2, -0.15) is 0 Å². The molecule has 0 fully saturated rings. The first-order valence-corrected chi connectivity index (χ1v) is 14.4. The molecule has 0 aromatic heterocycles. The Morgan fingerprint density at radius 3 is 2.27 bits per heavy atom. The molecule has 0 radical (unpaired) electrons. The number of hydrogen-bond acceptors (Lipinski definition) is 6. The Balaban J connectivity index is 2.07. The molecule has 0 bridgehead atoms. The van der Waals surface area contributed by atoms with Crippen LogP contribution in [0.5, 0.6) is 0 Å². The van der Waals surface area contributed by atoms with Gasteiger partial charge in [-0.05, 0) is 50.1 Å². The molecule has 0 aliphatic carbocycles. The van der Waals surface area contributed by atoms with Crippen LogP contribution < -0.4 is 9.62 Å². The number of rotatable bonds is 12. The zero-order chi connectivity index (χ0) is 29.4. The smallest absolute Gasteiger partial charge is 0.271 e. The van der Waals surface area contributed by atoms with Gasteiger partial charge >= 0.3 is 0 Å². The van der Waals surface area contributed by atoms with Crippen molar-refractivity contribution in [3.8, 4) is 0 Å². The third-order valence-electron chi connectivity index (χ3n) is 6.41. The number of carbonyl (C=O) groups excluding carboxylic acids is 2. The second-order valence-electron chi connectivity index (χ2n) is 9.21. The quantitative estimate of drug-likeness (QED) is 0.240. The van der Waals surface area contributed by atoms with Crippen LogP contribution >= 0.6 is 11.6 Å². The minimum Gasteiger partial charge on any atom is -0.352 e. The van der Waals surface area contributed by atoms with Crippen molar-refractivity contribution in [2.24, 2.45) is 0 Å². The highest BCUT2D eigenvalue weighted by molar-refractivity contribution is 7.92. The first-order chi connectivity index (χ1) is 18.9. The molecular weight excluding hydrogens is 556 g/mol. The molecular formula is C28H31ClN4O6S. The van der Waals surface area contributed by atoms with Gasteiger partial charge in [0.15, 0.2) is 0 Å². The zero-order valence-electron chi connectivity index (χ0n) is 22.4. The van der Waals surface area contributed by atoms with E-state index in [2.05, 4.69) is 5.32 Å². The fraction of sp³-hybridized carbons (Fsp3) is 0.286. The number of nitrogens with one attached hydrogen (secondary N) is 1. The van der Waals surface area contributed by atoms with Crippen molar-refractivity contribution in [3.05, 3.63) is 99.6 Å². The highest BCUT2D eigenvalue weighted by Gasteiger charge is 2.33. The molecule has 3 rings (SSSR count). The lowest BCUT2D eigenvalue weighted by atomic mass is 10.1. The van der Waals surface area contributed by atoms with Crippen molar-refractivity contribution in [2.45, 2.75) is 50.7 Å². The topological polar surface area (TPSA) is 130 Å². The Bertz CT molecular complexity index is 1470. The first-order valence-electron chi connectivity index (χ1n) is 12.6. The standard InChI is InChI=1S/C28H31ClN4O6S/c1-4-20(2)30-28(35)21(3)31(18-22-11-8-9-16-26(22)29)27(34)19-32(23-12-10-13-24(17-23)33(36)37)40(38,39)25-14-6-5-7-15-25/h5-17,20-21H,4,18-19H2,1-3H3,(H,30,35)/t20-,21+/m0/s1. The van der Waals surface area contributed by atoms with E-state index >= 15 is 0 Å². The molecule has 2 atom stereocenters. The molecule has 3 aromatic carbocycles. The lowest BCUT2D eigenvalue weighted by Gasteiger charge is -2.32. The maximum Gasteiger partial charge on any atom is 0.271 e. The molecule has 212 valence electrons. The van der Waals surface area contributed by atoms with Gasteiger partial charge in [0.1, 0.15) is 12.6 Å². The largest absolute Gasteiger partial charge is 0.352 e. The molecule has 0 saturated heterocycles. The number of halogens is 1. The number of amides is 2. The van der Waals surface area contributed by atoms with Crippen molar-refractivity contribution in [1.82, 2.24) is 10.2 Å². The molecule has 0 aliphatic rings. The minimum absolute atomic E-state index is 0.0677. The molecule has 1 N–H and O–H groups in total. The third-order valence-corrected chi connectivity index (χ3v) is 8.56. The summed E-state index contributed by atoms with van der Waals surface area (Å²) in [4.78, 5) is 38.9. The third kappa shape index (κ3) is 7.36. The summed E-state index contributed by atoms with van der Waals surface area (Å²) >= 11 is 6.36. The van der Waals surface area contributed by atoms with Gasteiger partial charge in [-0.15, -0.1) is 0 Å². The number of nitro groups is 1. The van der Waals surface area contributed by atoms with Crippen LogP contribution in [0.1, 0.15) is 32.8 Å². The lowest BCUT2D eigenvalue weighted by molar-refractivity contribution is -0.384. The summed E-state index contributed by atoms with van der Waals surface area (Å²) in [6.45, 7) is 4.51. The maximum absolute atomic E-state index is 13.9. The van der Waals surface area contributed by atoms with E-state index in [-0.39, 0.29) is 28.9 Å². The normalized spacial score (nSPS) is 12.7. The number of benzene rings is 3. The van der Waals surface area contributed by atoms with Gasteiger partial charge in [0.2, 0.25) is 11.8 Å². The average Bonchev–Trinajstić information content (AvgIpc) is 2.95. The minimum atomic E-state index is -4.34. The summed E-state index contributed by atoms with van der Waals surface area (Å²) in [6.07, 6.45) is 0.673. The van der Waals surface area contributed by atoms with Gasteiger partial charge in [0, 0.05) is 29.7 Å². The summed E-state index contributed by atoms with van der Waals surface area (Å²) in [5.74, 6) is -1.11. The molecule has 2 amide bonds. The van der Waals surface area contributed by atoms with Crippen molar-refractivity contribution < 1.29 is 22.9 Å². The SMILES string of the molecule is CC[C@H](C)NC(=O)[C@@H](C)N(Cc1ccccc1Cl)C(=O)CN(c1cccc([N+](=O)[O-])c1)S(=O)(=O)c1ccccc1. The number of hydrogen-bond donors (Lipinski definition) is 1. The summed E-state index contributed by atoms with van der Waals surface area (Å²) in [7, 11) is -4.34. The van der Waals surface area contributed by atoms with Crippen LogP contribution in [0.15, 0.2) is 83.8 Å². The van der Waals surface area contributed by atoms with E-state index in [0.29, 0.717) is 17.0 Å². The molecule has 12 heteroatoms. The van der Waals surface area contributed by atoms with E-state index < -0.39 is 39.3 Å². The molecule has 0 unspecified atom stereocenters. The highest BCUT2D eigenvalue weighted by Crippen LogP contribution is 2.28. The Labute approximate surface area is 238 Å². The van der Waals surface area contributed by atoms with E-state index in [0.717, 1.165) is 10.4 Å². The molecule has 0 spiro atoms. The second-order valence-corrected chi connectivity index (χ2v) is 11.5. The Kier molecular flexibility index (Phi) is 10.2. The number of sulfonamides is 1. The van der Waals surface area contributed by atoms with Crippen molar-refractivity contribution >= 4 is 44.8 Å². The van der Waals surface area contributed by atoms with Gasteiger partial charge in [-0.1, -0.05) is 61.0 Å². The number of carbonyl (C=O) groups is 2. The number of non-ortho nitro benzene ring substituents is 1. The van der Waals surface area contributed by atoms with Crippen LogP contribution in [-0.4, -0.2) is 48.7 Å². The molecule has 3 aromatic rings. The van der Waals surface area contributed by atoms with Gasteiger partial charge in [-0.25, -0.2) is 8.42 Å². The van der Waals surface area contributed by atoms with Gasteiger partial charge in [0.25, 0.3) is 15.7 Å². The monoisotopic (exact) mass is 586 g/mol. The van der Waals surface area contributed by atoms with Gasteiger partial charge in [0.05, 0.1) is 15.5 Å². The molecule has 40 heavy (non-hydrogen) atoms. The average molecular weight is 587 g/mol. The van der Waals surface area contributed by atoms with Crippen LogP contribution in [0.2, 0.25) is 5.02 Å². The number of nitro benzene ring substituents is 1. The molecule has 10 nitrogen and oxygen atoms in total. The van der Waals surface area contributed by atoms with E-state index in [1.807, 2.05) is 13.8 Å². The summed E-state index contributed by atoms with van der Waals surface area (Å²) in [6, 6.07) is 18.2. The maximum atomic E-state index is 13.9. The predicted octanol–water partition coefficient (Wildman–Crippen LogP) is 4.78. The summed E-state index contributed by atoms with van der Waals surface area (Å²) in [5.41, 5.74) is 0.154. The highest BCUT2D eigenvalue weighted by atomic mass is 35.5. The Morgan fingerprint density at radius 1 is 1.00 bits per heavy atom. The van der Waals surface area contributed by atoms with Crippen LogP contribution in [0, 0.1) is 10.1 Å². The van der Waals surface area contributed by atoms with Crippen LogP contribution in [0.3, 0.4) is 0 Å². The Hall–Kier alpha value is -3.96. The van der Waals surface area contributed by atoms with Crippen LogP contribution in [-0.2, 0) is 26.2 Å². The fourth-order valence-electron chi connectivity index (χ4n) is 3.87.